The van der Waals surface area contributed by atoms with Crippen molar-refractivity contribution < 1.29 is 0 Å². The number of hydrogen-bond acceptors (Lipinski definition) is 2. The average molecular weight is 283 g/mol. The molecule has 2 aromatic rings. The number of aryl methyl sites for hydroxylation is 1. The van der Waals surface area contributed by atoms with Gasteiger partial charge in [-0.25, -0.2) is 4.98 Å². The van der Waals surface area contributed by atoms with Crippen molar-refractivity contribution in [1.29, 1.82) is 0 Å². The van der Waals surface area contributed by atoms with Crippen LogP contribution in [0, 0.1) is 6.92 Å². The van der Waals surface area contributed by atoms with Gasteiger partial charge in [-0.05, 0) is 31.9 Å². The Kier molecular flexibility index (Phi) is 4.59. The second-order valence-electron chi connectivity index (χ2n) is 6.10. The molecule has 3 heteroatoms. The van der Waals surface area contributed by atoms with Gasteiger partial charge in [0.2, 0.25) is 5.95 Å². The zero-order chi connectivity index (χ0) is 14.5. The maximum Gasteiger partial charge on any atom is 0.207 e. The van der Waals surface area contributed by atoms with Gasteiger partial charge in [0.25, 0.3) is 0 Å². The fraction of sp³-hybridized carbons (Fsp3) is 0.500. The van der Waals surface area contributed by atoms with Gasteiger partial charge in [0, 0.05) is 17.9 Å². The van der Waals surface area contributed by atoms with E-state index in [1.165, 1.54) is 50.6 Å². The smallest absolute Gasteiger partial charge is 0.207 e. The third-order valence-electron chi connectivity index (χ3n) is 4.30. The molecule has 1 aromatic carbocycles. The van der Waals surface area contributed by atoms with Gasteiger partial charge < -0.3 is 5.32 Å². The van der Waals surface area contributed by atoms with Gasteiger partial charge in [0.05, 0.1) is 5.69 Å². The molecule has 1 aromatic heterocycles. The van der Waals surface area contributed by atoms with Crippen LogP contribution < -0.4 is 5.32 Å². The van der Waals surface area contributed by atoms with Crippen molar-refractivity contribution >= 4 is 5.95 Å². The maximum absolute atomic E-state index is 4.69. The summed E-state index contributed by atoms with van der Waals surface area (Å²) in [5, 5.41) is 3.69. The highest BCUT2D eigenvalue weighted by molar-refractivity contribution is 5.43. The van der Waals surface area contributed by atoms with Gasteiger partial charge in [-0.15, -0.1) is 0 Å². The lowest BCUT2D eigenvalue weighted by molar-refractivity contribution is 0.469. The standard InChI is InChI=1S/C18H25N3/c1-15-14-21(17-12-8-5-9-13-17)18(19-15)20-16-10-6-3-2-4-7-11-16/h5,8-9,12-14,16H,2-4,6-7,10-11H2,1H3,(H,19,20). The van der Waals surface area contributed by atoms with Crippen LogP contribution in [-0.2, 0) is 0 Å². The fourth-order valence-corrected chi connectivity index (χ4v) is 3.17. The summed E-state index contributed by atoms with van der Waals surface area (Å²) in [7, 11) is 0. The zero-order valence-electron chi connectivity index (χ0n) is 12.9. The van der Waals surface area contributed by atoms with E-state index in [0.717, 1.165) is 11.6 Å². The van der Waals surface area contributed by atoms with E-state index in [-0.39, 0.29) is 0 Å². The van der Waals surface area contributed by atoms with Gasteiger partial charge in [-0.2, -0.15) is 0 Å². The molecule has 0 bridgehead atoms. The lowest BCUT2D eigenvalue weighted by atomic mass is 9.97. The summed E-state index contributed by atoms with van der Waals surface area (Å²) < 4.78 is 2.17. The summed E-state index contributed by atoms with van der Waals surface area (Å²) in [6.45, 7) is 2.06. The van der Waals surface area contributed by atoms with Crippen LogP contribution in [0.2, 0.25) is 0 Å². The molecule has 0 amide bonds. The first-order valence-corrected chi connectivity index (χ1v) is 8.21. The number of nitrogens with one attached hydrogen (secondary N) is 1. The fourth-order valence-electron chi connectivity index (χ4n) is 3.17. The Balaban J connectivity index is 1.78. The number of anilines is 1. The van der Waals surface area contributed by atoms with Gasteiger partial charge >= 0.3 is 0 Å². The zero-order valence-corrected chi connectivity index (χ0v) is 12.9. The molecule has 1 saturated carbocycles. The first kappa shape index (κ1) is 14.2. The Labute approximate surface area is 127 Å². The Bertz CT molecular complexity index is 551. The van der Waals surface area contributed by atoms with E-state index in [9.17, 15) is 0 Å². The minimum atomic E-state index is 0.564. The number of rotatable bonds is 3. The SMILES string of the molecule is Cc1cn(-c2ccccc2)c(NC2CCCCCCC2)n1. The van der Waals surface area contributed by atoms with Crippen LogP contribution in [0.25, 0.3) is 5.69 Å². The van der Waals surface area contributed by atoms with E-state index in [4.69, 9.17) is 0 Å². The molecule has 1 aliphatic carbocycles. The molecule has 21 heavy (non-hydrogen) atoms. The van der Waals surface area contributed by atoms with Crippen LogP contribution in [0.3, 0.4) is 0 Å². The molecular formula is C18H25N3. The van der Waals surface area contributed by atoms with E-state index >= 15 is 0 Å². The molecule has 1 heterocycles. The topological polar surface area (TPSA) is 29.9 Å². The van der Waals surface area contributed by atoms with Crippen LogP contribution in [0.5, 0.6) is 0 Å². The average Bonchev–Trinajstić information content (AvgIpc) is 2.83. The molecule has 0 spiro atoms. The van der Waals surface area contributed by atoms with Crippen molar-refractivity contribution in [3.63, 3.8) is 0 Å². The molecule has 3 rings (SSSR count). The first-order chi connectivity index (χ1) is 10.3. The summed E-state index contributed by atoms with van der Waals surface area (Å²) in [5.41, 5.74) is 2.23. The van der Waals surface area contributed by atoms with Crippen LogP contribution in [0.4, 0.5) is 5.95 Å². The molecule has 1 aliphatic rings. The van der Waals surface area contributed by atoms with Crippen molar-refractivity contribution in [1.82, 2.24) is 9.55 Å². The molecular weight excluding hydrogens is 258 g/mol. The Hall–Kier alpha value is -1.77. The minimum Gasteiger partial charge on any atom is -0.353 e. The Morgan fingerprint density at radius 1 is 1.00 bits per heavy atom. The second-order valence-corrected chi connectivity index (χ2v) is 6.10. The van der Waals surface area contributed by atoms with Crippen molar-refractivity contribution in [2.75, 3.05) is 5.32 Å². The third-order valence-corrected chi connectivity index (χ3v) is 4.30. The van der Waals surface area contributed by atoms with Gasteiger partial charge in [-0.1, -0.05) is 50.3 Å². The molecule has 0 aliphatic heterocycles. The highest BCUT2D eigenvalue weighted by Gasteiger charge is 2.15. The number of nitrogens with zero attached hydrogens (tertiary/aromatic N) is 2. The largest absolute Gasteiger partial charge is 0.353 e. The lowest BCUT2D eigenvalue weighted by Crippen LogP contribution is -2.22. The molecule has 0 atom stereocenters. The quantitative estimate of drug-likeness (QED) is 0.884. The summed E-state index contributed by atoms with van der Waals surface area (Å²) in [6.07, 6.45) is 11.5. The van der Waals surface area contributed by atoms with E-state index < -0.39 is 0 Å². The molecule has 1 fully saturated rings. The highest BCUT2D eigenvalue weighted by Crippen LogP contribution is 2.22. The van der Waals surface area contributed by atoms with E-state index in [1.54, 1.807) is 0 Å². The van der Waals surface area contributed by atoms with E-state index in [1.807, 2.05) is 0 Å². The van der Waals surface area contributed by atoms with Crippen LogP contribution in [0.15, 0.2) is 36.5 Å². The maximum atomic E-state index is 4.69. The number of benzene rings is 1. The molecule has 1 N–H and O–H groups in total. The summed E-state index contributed by atoms with van der Waals surface area (Å²) in [4.78, 5) is 4.69. The number of imidazole rings is 1. The molecule has 0 saturated heterocycles. The summed E-state index contributed by atoms with van der Waals surface area (Å²) in [5.74, 6) is 0.990. The van der Waals surface area contributed by atoms with Gasteiger partial charge in [-0.3, -0.25) is 4.57 Å². The Morgan fingerprint density at radius 3 is 2.38 bits per heavy atom. The summed E-state index contributed by atoms with van der Waals surface area (Å²) >= 11 is 0. The Morgan fingerprint density at radius 2 is 1.67 bits per heavy atom. The van der Waals surface area contributed by atoms with Gasteiger partial charge in [0.1, 0.15) is 0 Å². The third kappa shape index (κ3) is 3.66. The van der Waals surface area contributed by atoms with Crippen molar-refractivity contribution in [2.45, 2.75) is 57.9 Å². The van der Waals surface area contributed by atoms with Gasteiger partial charge in [0.15, 0.2) is 0 Å². The lowest BCUT2D eigenvalue weighted by Gasteiger charge is -2.22. The van der Waals surface area contributed by atoms with Crippen molar-refractivity contribution in [2.24, 2.45) is 0 Å². The molecule has 3 nitrogen and oxygen atoms in total. The number of aromatic nitrogens is 2. The van der Waals surface area contributed by atoms with Crippen LogP contribution >= 0.6 is 0 Å². The van der Waals surface area contributed by atoms with E-state index in [2.05, 4.69) is 58.3 Å². The monoisotopic (exact) mass is 283 g/mol. The van der Waals surface area contributed by atoms with E-state index in [0.29, 0.717) is 6.04 Å². The molecule has 112 valence electrons. The van der Waals surface area contributed by atoms with Crippen molar-refractivity contribution in [3.05, 3.63) is 42.2 Å². The molecule has 0 radical (unpaired) electrons. The predicted molar refractivity (Wildman–Crippen MR) is 88.0 cm³/mol. The summed E-state index contributed by atoms with van der Waals surface area (Å²) in [6, 6.07) is 11.0. The molecule has 0 unspecified atom stereocenters. The van der Waals surface area contributed by atoms with Crippen molar-refractivity contribution in [3.8, 4) is 5.69 Å². The predicted octanol–water partition coefficient (Wildman–Crippen LogP) is 4.71. The second kappa shape index (κ2) is 6.79. The first-order valence-electron chi connectivity index (χ1n) is 8.21. The van der Waals surface area contributed by atoms with Crippen LogP contribution in [0.1, 0.15) is 50.6 Å². The minimum absolute atomic E-state index is 0.564. The van der Waals surface area contributed by atoms with Crippen LogP contribution in [-0.4, -0.2) is 15.6 Å². The normalized spacial score (nSPS) is 17.2. The number of hydrogen-bond donors (Lipinski definition) is 1. The number of para-hydroxylation sites is 1. The highest BCUT2D eigenvalue weighted by atomic mass is 15.2.